The van der Waals surface area contributed by atoms with Gasteiger partial charge in [0.2, 0.25) is 5.79 Å². The summed E-state index contributed by atoms with van der Waals surface area (Å²) in [7, 11) is 0. The Morgan fingerprint density at radius 3 is 2.26 bits per heavy atom. The third-order valence-corrected chi connectivity index (χ3v) is 4.36. The first kappa shape index (κ1) is 21.3. The molecule has 0 spiro atoms. The van der Waals surface area contributed by atoms with Gasteiger partial charge in [0.25, 0.3) is 6.29 Å². The highest BCUT2D eigenvalue weighted by Crippen LogP contribution is 2.33. The zero-order chi connectivity index (χ0) is 19.7. The third kappa shape index (κ3) is 5.51. The van der Waals surface area contributed by atoms with E-state index in [-0.39, 0.29) is 11.1 Å². The average Bonchev–Trinajstić information content (AvgIpc) is 3.04. The molecule has 1 saturated heterocycles. The summed E-state index contributed by atoms with van der Waals surface area (Å²) in [5.41, 5.74) is -0.151. The van der Waals surface area contributed by atoms with Gasteiger partial charge in [0.1, 0.15) is 0 Å². The molecule has 1 aromatic rings. The van der Waals surface area contributed by atoms with Crippen molar-refractivity contribution in [1.82, 2.24) is 0 Å². The van der Waals surface area contributed by atoms with Gasteiger partial charge in [0.05, 0.1) is 30.9 Å². The summed E-state index contributed by atoms with van der Waals surface area (Å²) < 4.78 is 23.0. The van der Waals surface area contributed by atoms with Crippen molar-refractivity contribution >= 4 is 11.9 Å². The van der Waals surface area contributed by atoms with Crippen LogP contribution in [0.15, 0.2) is 24.3 Å². The number of ether oxygens (including phenoxy) is 4. The monoisotopic (exact) mass is 380 g/mol. The fourth-order valence-electron chi connectivity index (χ4n) is 2.79. The summed E-state index contributed by atoms with van der Waals surface area (Å²) in [5.74, 6) is -3.12. The number of benzene rings is 1. The number of rotatable bonds is 11. The third-order valence-electron chi connectivity index (χ3n) is 4.36. The zero-order valence-electron chi connectivity index (χ0n) is 15.9. The van der Waals surface area contributed by atoms with Gasteiger partial charge in [-0.1, -0.05) is 38.8 Å². The molecule has 0 amide bonds. The predicted octanol–water partition coefficient (Wildman–Crippen LogP) is 3.62. The first-order valence-electron chi connectivity index (χ1n) is 9.47. The van der Waals surface area contributed by atoms with Gasteiger partial charge in [-0.15, -0.1) is 0 Å². The van der Waals surface area contributed by atoms with Crippen molar-refractivity contribution in [3.05, 3.63) is 35.4 Å². The van der Waals surface area contributed by atoms with E-state index in [2.05, 4.69) is 13.8 Å². The Hall–Kier alpha value is -1.96. The van der Waals surface area contributed by atoms with Crippen molar-refractivity contribution in [2.24, 2.45) is 0 Å². The maximum Gasteiger partial charge on any atom is 0.341 e. The van der Waals surface area contributed by atoms with Crippen LogP contribution in [-0.4, -0.2) is 48.9 Å². The summed E-state index contributed by atoms with van der Waals surface area (Å²) in [6.07, 6.45) is 3.02. The van der Waals surface area contributed by atoms with Crippen molar-refractivity contribution < 1.29 is 33.6 Å². The molecular formula is C20H28O7. The summed E-state index contributed by atoms with van der Waals surface area (Å²) in [4.78, 5) is 23.9. The van der Waals surface area contributed by atoms with Crippen LogP contribution in [0, 0.1) is 0 Å². The average molecular weight is 380 g/mol. The Labute approximate surface area is 159 Å². The molecular weight excluding hydrogens is 352 g/mol. The molecule has 1 unspecified atom stereocenters. The van der Waals surface area contributed by atoms with E-state index in [9.17, 15) is 14.7 Å². The molecule has 2 rings (SSSR count). The lowest BCUT2D eigenvalue weighted by Gasteiger charge is -2.33. The number of esters is 1. The molecule has 1 aliphatic heterocycles. The van der Waals surface area contributed by atoms with Crippen LogP contribution in [-0.2, 0) is 18.9 Å². The second-order valence-electron chi connectivity index (χ2n) is 6.42. The molecule has 1 atom stereocenters. The van der Waals surface area contributed by atoms with E-state index in [1.807, 2.05) is 0 Å². The predicted molar refractivity (Wildman–Crippen MR) is 97.6 cm³/mol. The molecule has 1 fully saturated rings. The maximum atomic E-state index is 12.6. The molecule has 1 heterocycles. The van der Waals surface area contributed by atoms with E-state index >= 15 is 0 Å². The largest absolute Gasteiger partial charge is 0.478 e. The Bertz CT molecular complexity index is 619. The molecule has 27 heavy (non-hydrogen) atoms. The second-order valence-corrected chi connectivity index (χ2v) is 6.42. The number of carbonyl (C=O) groups excluding carboxylic acids is 1. The van der Waals surface area contributed by atoms with Crippen molar-refractivity contribution in [3.63, 3.8) is 0 Å². The van der Waals surface area contributed by atoms with E-state index < -0.39 is 24.0 Å². The lowest BCUT2D eigenvalue weighted by molar-refractivity contribution is -0.305. The number of carboxylic acid groups (broad SMARTS) is 1. The van der Waals surface area contributed by atoms with Crippen LogP contribution < -0.4 is 0 Å². The Kier molecular flexibility index (Phi) is 8.22. The smallest absolute Gasteiger partial charge is 0.341 e. The van der Waals surface area contributed by atoms with Crippen molar-refractivity contribution in [2.75, 3.05) is 19.8 Å². The topological polar surface area (TPSA) is 91.3 Å². The Morgan fingerprint density at radius 2 is 1.70 bits per heavy atom. The van der Waals surface area contributed by atoms with Gasteiger partial charge in [-0.05, 0) is 25.0 Å². The van der Waals surface area contributed by atoms with Crippen LogP contribution in [0.5, 0.6) is 0 Å². The molecule has 0 saturated carbocycles. The van der Waals surface area contributed by atoms with Crippen LogP contribution in [0.4, 0.5) is 0 Å². The minimum absolute atomic E-state index is 0.0310. The van der Waals surface area contributed by atoms with Gasteiger partial charge >= 0.3 is 11.9 Å². The van der Waals surface area contributed by atoms with E-state index in [0.29, 0.717) is 26.2 Å². The Morgan fingerprint density at radius 1 is 1.11 bits per heavy atom. The van der Waals surface area contributed by atoms with E-state index in [0.717, 1.165) is 25.7 Å². The van der Waals surface area contributed by atoms with Crippen LogP contribution in [0.3, 0.4) is 0 Å². The number of aromatic carboxylic acids is 1. The first-order chi connectivity index (χ1) is 13.0. The molecule has 150 valence electrons. The molecule has 0 aromatic heterocycles. The van der Waals surface area contributed by atoms with Gasteiger partial charge in [-0.25, -0.2) is 9.59 Å². The van der Waals surface area contributed by atoms with Crippen LogP contribution in [0.25, 0.3) is 0 Å². The van der Waals surface area contributed by atoms with Crippen molar-refractivity contribution in [2.45, 2.75) is 58.0 Å². The molecule has 7 heteroatoms. The van der Waals surface area contributed by atoms with Gasteiger partial charge in [-0.2, -0.15) is 0 Å². The number of hydrogen-bond donors (Lipinski definition) is 1. The van der Waals surface area contributed by atoms with E-state index in [1.54, 1.807) is 12.1 Å². The van der Waals surface area contributed by atoms with Crippen LogP contribution in [0.2, 0.25) is 0 Å². The van der Waals surface area contributed by atoms with Crippen LogP contribution in [0.1, 0.15) is 66.7 Å². The summed E-state index contributed by atoms with van der Waals surface area (Å²) in [5, 5.41) is 9.28. The van der Waals surface area contributed by atoms with E-state index in [1.165, 1.54) is 12.1 Å². The van der Waals surface area contributed by atoms with Crippen molar-refractivity contribution in [1.29, 1.82) is 0 Å². The Balaban J connectivity index is 2.15. The highest BCUT2D eigenvalue weighted by atomic mass is 16.8. The maximum absolute atomic E-state index is 12.6. The van der Waals surface area contributed by atoms with Crippen molar-refractivity contribution in [3.8, 4) is 0 Å². The fourth-order valence-corrected chi connectivity index (χ4v) is 2.79. The minimum Gasteiger partial charge on any atom is -0.478 e. The lowest BCUT2D eigenvalue weighted by Crippen LogP contribution is -2.47. The SMILES string of the molecule is CCCCOC1(OCCCC)CCOC1OC(=O)c1ccccc1C(=O)O. The number of carboxylic acids is 1. The zero-order valence-corrected chi connectivity index (χ0v) is 15.9. The van der Waals surface area contributed by atoms with Gasteiger partial charge < -0.3 is 24.1 Å². The first-order valence-corrected chi connectivity index (χ1v) is 9.47. The van der Waals surface area contributed by atoms with Gasteiger partial charge in [0.15, 0.2) is 0 Å². The fraction of sp³-hybridized carbons (Fsp3) is 0.600. The molecule has 1 aliphatic rings. The highest BCUT2D eigenvalue weighted by molar-refractivity contribution is 6.02. The number of hydrogen-bond acceptors (Lipinski definition) is 6. The van der Waals surface area contributed by atoms with Gasteiger partial charge in [0, 0.05) is 6.42 Å². The highest BCUT2D eigenvalue weighted by Gasteiger charge is 2.49. The molecule has 1 N–H and O–H groups in total. The van der Waals surface area contributed by atoms with Gasteiger partial charge in [-0.3, -0.25) is 0 Å². The molecule has 7 nitrogen and oxygen atoms in total. The second kappa shape index (κ2) is 10.4. The molecule has 0 bridgehead atoms. The number of unbranched alkanes of at least 4 members (excludes halogenated alkanes) is 2. The minimum atomic E-state index is -1.19. The summed E-state index contributed by atoms with van der Waals surface area (Å²) in [6.45, 7) is 5.37. The van der Waals surface area contributed by atoms with E-state index in [4.69, 9.17) is 18.9 Å². The molecule has 0 aliphatic carbocycles. The standard InChI is InChI=1S/C20H28O7/c1-3-5-12-25-20(26-13-6-4-2)11-14-24-19(20)27-18(23)16-10-8-7-9-15(16)17(21)22/h7-10,19H,3-6,11-14H2,1-2H3,(H,21,22). The normalized spacial score (nSPS) is 18.4. The summed E-state index contributed by atoms with van der Waals surface area (Å²) >= 11 is 0. The lowest BCUT2D eigenvalue weighted by atomic mass is 10.1. The molecule has 1 aromatic carbocycles. The quantitative estimate of drug-likeness (QED) is 0.356. The van der Waals surface area contributed by atoms with Crippen LogP contribution >= 0.6 is 0 Å². The molecule has 0 radical (unpaired) electrons. The summed E-state index contributed by atoms with van der Waals surface area (Å²) in [6, 6.07) is 5.91. The number of carbonyl (C=O) groups is 2.